The van der Waals surface area contributed by atoms with E-state index in [-0.39, 0.29) is 6.04 Å². The van der Waals surface area contributed by atoms with Gasteiger partial charge in [-0.15, -0.1) is 11.3 Å². The number of methoxy groups -OCH3 is 1. The SMILES string of the molecule is CCCOCC(N)c1noc(-c2sccc2OC)n1. The maximum absolute atomic E-state index is 5.94. The first kappa shape index (κ1) is 14.0. The summed E-state index contributed by atoms with van der Waals surface area (Å²) >= 11 is 1.48. The molecule has 0 bridgehead atoms. The van der Waals surface area contributed by atoms with E-state index in [1.165, 1.54) is 11.3 Å². The number of thiophene rings is 1. The van der Waals surface area contributed by atoms with E-state index in [1.807, 2.05) is 18.4 Å². The molecule has 2 heterocycles. The largest absolute Gasteiger partial charge is 0.495 e. The van der Waals surface area contributed by atoms with Crippen LogP contribution in [-0.2, 0) is 4.74 Å². The van der Waals surface area contributed by atoms with Crippen LogP contribution in [0.5, 0.6) is 5.75 Å². The van der Waals surface area contributed by atoms with Crippen molar-refractivity contribution in [1.29, 1.82) is 0 Å². The van der Waals surface area contributed by atoms with Gasteiger partial charge in [0, 0.05) is 6.61 Å². The van der Waals surface area contributed by atoms with Crippen molar-refractivity contribution in [2.75, 3.05) is 20.3 Å². The van der Waals surface area contributed by atoms with Gasteiger partial charge >= 0.3 is 0 Å². The zero-order valence-corrected chi connectivity index (χ0v) is 11.8. The Kier molecular flexibility index (Phi) is 4.89. The van der Waals surface area contributed by atoms with Gasteiger partial charge < -0.3 is 19.7 Å². The Hall–Kier alpha value is -1.44. The van der Waals surface area contributed by atoms with Crippen molar-refractivity contribution in [2.45, 2.75) is 19.4 Å². The van der Waals surface area contributed by atoms with Crippen LogP contribution in [0.1, 0.15) is 25.2 Å². The zero-order chi connectivity index (χ0) is 13.7. The lowest BCUT2D eigenvalue weighted by atomic mass is 10.3. The fraction of sp³-hybridized carbons (Fsp3) is 0.500. The molecule has 0 aliphatic heterocycles. The quantitative estimate of drug-likeness (QED) is 0.784. The smallest absolute Gasteiger partial charge is 0.271 e. The average molecular weight is 283 g/mol. The molecule has 0 saturated heterocycles. The van der Waals surface area contributed by atoms with Crippen molar-refractivity contribution in [2.24, 2.45) is 5.73 Å². The number of hydrogen-bond donors (Lipinski definition) is 1. The number of hydrogen-bond acceptors (Lipinski definition) is 7. The average Bonchev–Trinajstić information content (AvgIpc) is 3.07. The highest BCUT2D eigenvalue weighted by Crippen LogP contribution is 2.34. The molecule has 1 atom stereocenters. The maximum Gasteiger partial charge on any atom is 0.271 e. The summed E-state index contributed by atoms with van der Waals surface area (Å²) in [6.45, 7) is 3.10. The minimum absolute atomic E-state index is 0.380. The molecule has 7 heteroatoms. The number of nitrogens with zero attached hydrogens (tertiary/aromatic N) is 2. The first-order valence-electron chi connectivity index (χ1n) is 6.05. The minimum Gasteiger partial charge on any atom is -0.495 e. The van der Waals surface area contributed by atoms with Crippen molar-refractivity contribution in [3.05, 3.63) is 17.3 Å². The van der Waals surface area contributed by atoms with Crippen LogP contribution in [0, 0.1) is 0 Å². The third-order valence-electron chi connectivity index (χ3n) is 2.46. The van der Waals surface area contributed by atoms with Crippen molar-refractivity contribution in [3.8, 4) is 16.5 Å². The molecule has 0 fully saturated rings. The van der Waals surface area contributed by atoms with Crippen LogP contribution in [0.25, 0.3) is 10.8 Å². The molecule has 104 valence electrons. The van der Waals surface area contributed by atoms with E-state index >= 15 is 0 Å². The van der Waals surface area contributed by atoms with Crippen LogP contribution >= 0.6 is 11.3 Å². The fourth-order valence-corrected chi connectivity index (χ4v) is 2.30. The lowest BCUT2D eigenvalue weighted by Crippen LogP contribution is -2.18. The summed E-state index contributed by atoms with van der Waals surface area (Å²) in [4.78, 5) is 5.10. The lowest BCUT2D eigenvalue weighted by molar-refractivity contribution is 0.119. The van der Waals surface area contributed by atoms with E-state index in [4.69, 9.17) is 19.7 Å². The van der Waals surface area contributed by atoms with Gasteiger partial charge in [0.05, 0.1) is 19.8 Å². The normalized spacial score (nSPS) is 12.6. The predicted molar refractivity (Wildman–Crippen MR) is 72.2 cm³/mol. The monoisotopic (exact) mass is 283 g/mol. The summed E-state index contributed by atoms with van der Waals surface area (Å²) in [7, 11) is 1.60. The van der Waals surface area contributed by atoms with E-state index in [9.17, 15) is 0 Å². The number of nitrogens with two attached hydrogens (primary N) is 1. The van der Waals surface area contributed by atoms with Crippen LogP contribution in [0.3, 0.4) is 0 Å². The third kappa shape index (κ3) is 3.31. The van der Waals surface area contributed by atoms with Crippen LogP contribution in [0.4, 0.5) is 0 Å². The second kappa shape index (κ2) is 6.65. The summed E-state index contributed by atoms with van der Waals surface area (Å²) in [6.07, 6.45) is 0.955. The molecular formula is C12H17N3O3S. The molecule has 0 saturated carbocycles. The molecule has 0 aliphatic rings. The summed E-state index contributed by atoms with van der Waals surface area (Å²) in [5, 5.41) is 5.79. The highest BCUT2D eigenvalue weighted by Gasteiger charge is 2.18. The molecule has 2 N–H and O–H groups in total. The van der Waals surface area contributed by atoms with E-state index in [1.54, 1.807) is 7.11 Å². The first-order chi connectivity index (χ1) is 9.26. The van der Waals surface area contributed by atoms with Crippen molar-refractivity contribution in [3.63, 3.8) is 0 Å². The second-order valence-electron chi connectivity index (χ2n) is 3.96. The minimum atomic E-state index is -0.380. The van der Waals surface area contributed by atoms with E-state index < -0.39 is 0 Å². The van der Waals surface area contributed by atoms with Gasteiger partial charge in [-0.25, -0.2) is 0 Å². The second-order valence-corrected chi connectivity index (χ2v) is 4.87. The first-order valence-corrected chi connectivity index (χ1v) is 6.93. The Balaban J connectivity index is 2.06. The van der Waals surface area contributed by atoms with Crippen molar-refractivity contribution in [1.82, 2.24) is 10.1 Å². The van der Waals surface area contributed by atoms with Gasteiger partial charge in [-0.3, -0.25) is 0 Å². The van der Waals surface area contributed by atoms with Gasteiger partial charge in [0.1, 0.15) is 10.6 Å². The van der Waals surface area contributed by atoms with Crippen LogP contribution in [0.15, 0.2) is 16.0 Å². The van der Waals surface area contributed by atoms with E-state index in [2.05, 4.69) is 10.1 Å². The molecule has 19 heavy (non-hydrogen) atoms. The van der Waals surface area contributed by atoms with Gasteiger partial charge in [-0.2, -0.15) is 4.98 Å². The molecule has 2 rings (SSSR count). The molecule has 0 aliphatic carbocycles. The topological polar surface area (TPSA) is 83.4 Å². The molecule has 0 amide bonds. The van der Waals surface area contributed by atoms with E-state index in [0.29, 0.717) is 24.9 Å². The van der Waals surface area contributed by atoms with Gasteiger partial charge in [0.2, 0.25) is 0 Å². The van der Waals surface area contributed by atoms with Gasteiger partial charge in [0.15, 0.2) is 5.82 Å². The molecule has 0 spiro atoms. The number of rotatable bonds is 7. The van der Waals surface area contributed by atoms with Crippen molar-refractivity contribution >= 4 is 11.3 Å². The van der Waals surface area contributed by atoms with Gasteiger partial charge in [0.25, 0.3) is 5.89 Å². The van der Waals surface area contributed by atoms with Crippen molar-refractivity contribution < 1.29 is 14.0 Å². The van der Waals surface area contributed by atoms with Gasteiger partial charge in [-0.1, -0.05) is 12.1 Å². The number of aromatic nitrogens is 2. The summed E-state index contributed by atoms with van der Waals surface area (Å²) in [5.74, 6) is 1.59. The Bertz CT molecular complexity index is 512. The summed E-state index contributed by atoms with van der Waals surface area (Å²) in [5.41, 5.74) is 5.94. The Morgan fingerprint density at radius 2 is 2.37 bits per heavy atom. The van der Waals surface area contributed by atoms with Crippen LogP contribution in [-0.4, -0.2) is 30.5 Å². The molecule has 0 radical (unpaired) electrons. The number of ether oxygens (including phenoxy) is 2. The standard InChI is InChI=1S/C12H17N3O3S/c1-3-5-17-7-8(13)11-14-12(18-15-11)10-9(16-2)4-6-19-10/h4,6,8H,3,5,7,13H2,1-2H3. The highest BCUT2D eigenvalue weighted by atomic mass is 32.1. The molecule has 6 nitrogen and oxygen atoms in total. The fourth-order valence-electron chi connectivity index (χ4n) is 1.52. The molecular weight excluding hydrogens is 266 g/mol. The van der Waals surface area contributed by atoms with Gasteiger partial charge in [-0.05, 0) is 17.9 Å². The maximum atomic E-state index is 5.94. The Morgan fingerprint density at radius 3 is 3.11 bits per heavy atom. The Morgan fingerprint density at radius 1 is 1.53 bits per heavy atom. The zero-order valence-electron chi connectivity index (χ0n) is 11.0. The molecule has 2 aromatic rings. The molecule has 2 aromatic heterocycles. The van der Waals surface area contributed by atoms with Crippen LogP contribution < -0.4 is 10.5 Å². The Labute approximate surface area is 115 Å². The lowest BCUT2D eigenvalue weighted by Gasteiger charge is -2.06. The van der Waals surface area contributed by atoms with Crippen LogP contribution in [0.2, 0.25) is 0 Å². The predicted octanol–water partition coefficient (Wildman–Crippen LogP) is 2.23. The van der Waals surface area contributed by atoms with E-state index in [0.717, 1.165) is 17.0 Å². The summed E-state index contributed by atoms with van der Waals surface area (Å²) in [6, 6.07) is 1.48. The molecule has 1 unspecified atom stereocenters. The summed E-state index contributed by atoms with van der Waals surface area (Å²) < 4.78 is 15.8. The third-order valence-corrected chi connectivity index (χ3v) is 3.35. The highest BCUT2D eigenvalue weighted by molar-refractivity contribution is 7.13. The molecule has 0 aromatic carbocycles.